The van der Waals surface area contributed by atoms with Crippen molar-refractivity contribution in [2.45, 2.75) is 23.5 Å². The number of thiazole rings is 1. The largest absolute Gasteiger partial charge is 0.336 e. The van der Waals surface area contributed by atoms with Gasteiger partial charge in [-0.25, -0.2) is 13.4 Å². The van der Waals surface area contributed by atoms with Gasteiger partial charge in [0.15, 0.2) is 9.84 Å². The van der Waals surface area contributed by atoms with Crippen LogP contribution in [0.5, 0.6) is 0 Å². The van der Waals surface area contributed by atoms with E-state index in [1.54, 1.807) is 34.4 Å². The second-order valence-corrected chi connectivity index (χ2v) is 10.3. The predicted octanol–water partition coefficient (Wildman–Crippen LogP) is 3.81. The number of aryl methyl sites for hydroxylation is 1. The number of likely N-dealkylation sites (tertiary alicyclic amines) is 1. The van der Waals surface area contributed by atoms with Gasteiger partial charge in [0.1, 0.15) is 5.25 Å². The molecule has 4 rings (SSSR count). The van der Waals surface area contributed by atoms with Crippen LogP contribution in [0.3, 0.4) is 0 Å². The maximum Gasteiger partial charge on any atom is 0.253 e. The van der Waals surface area contributed by atoms with Crippen molar-refractivity contribution in [3.05, 3.63) is 58.1 Å². The minimum atomic E-state index is -3.46. The Morgan fingerprint density at radius 3 is 2.59 bits per heavy atom. The quantitative estimate of drug-likeness (QED) is 0.643. The summed E-state index contributed by atoms with van der Waals surface area (Å²) in [6.45, 7) is 2.45. The predicted molar refractivity (Wildman–Crippen MR) is 107 cm³/mol. The Morgan fingerprint density at radius 2 is 1.93 bits per heavy atom. The zero-order chi connectivity index (χ0) is 19.2. The number of hydrogen-bond donors (Lipinski definition) is 0. The van der Waals surface area contributed by atoms with Crippen molar-refractivity contribution in [2.75, 3.05) is 13.1 Å². The SMILES string of the molecule is CCc1nc2ccc(C(=O)N3CC(S(=O)(=O)c4ccc(Cl)cc4)C3)cc2s1. The molecule has 140 valence electrons. The first-order valence-corrected chi connectivity index (χ1v) is 11.3. The van der Waals surface area contributed by atoms with Crippen molar-refractivity contribution in [2.24, 2.45) is 0 Å². The molecule has 2 heterocycles. The van der Waals surface area contributed by atoms with Crippen LogP contribution in [0.2, 0.25) is 5.02 Å². The minimum absolute atomic E-state index is 0.147. The maximum atomic E-state index is 12.7. The highest BCUT2D eigenvalue weighted by Gasteiger charge is 2.40. The van der Waals surface area contributed by atoms with Crippen LogP contribution in [0.1, 0.15) is 22.3 Å². The number of benzene rings is 2. The second kappa shape index (κ2) is 6.89. The second-order valence-electron chi connectivity index (χ2n) is 6.47. The molecule has 0 saturated carbocycles. The number of fused-ring (bicyclic) bond motifs is 1. The van der Waals surface area contributed by atoms with E-state index in [0.717, 1.165) is 21.6 Å². The highest BCUT2D eigenvalue weighted by molar-refractivity contribution is 7.92. The molecule has 8 heteroatoms. The van der Waals surface area contributed by atoms with Crippen LogP contribution in [-0.4, -0.2) is 42.5 Å². The summed E-state index contributed by atoms with van der Waals surface area (Å²) in [5.41, 5.74) is 1.45. The van der Waals surface area contributed by atoms with E-state index >= 15 is 0 Å². The van der Waals surface area contributed by atoms with Crippen LogP contribution >= 0.6 is 22.9 Å². The lowest BCUT2D eigenvalue weighted by molar-refractivity contribution is 0.0659. The summed E-state index contributed by atoms with van der Waals surface area (Å²) >= 11 is 7.40. The third-order valence-electron chi connectivity index (χ3n) is 4.70. The van der Waals surface area contributed by atoms with Gasteiger partial charge in [-0.15, -0.1) is 11.3 Å². The third-order valence-corrected chi connectivity index (χ3v) is 8.22. The number of hydrogen-bond acceptors (Lipinski definition) is 5. The molecule has 5 nitrogen and oxygen atoms in total. The highest BCUT2D eigenvalue weighted by atomic mass is 35.5. The van der Waals surface area contributed by atoms with Crippen molar-refractivity contribution in [1.82, 2.24) is 9.88 Å². The first kappa shape index (κ1) is 18.4. The Morgan fingerprint density at radius 1 is 1.22 bits per heavy atom. The van der Waals surface area contributed by atoms with Gasteiger partial charge in [-0.2, -0.15) is 0 Å². The molecule has 1 saturated heterocycles. The lowest BCUT2D eigenvalue weighted by atomic mass is 10.1. The van der Waals surface area contributed by atoms with Crippen molar-refractivity contribution in [3.8, 4) is 0 Å². The first-order chi connectivity index (χ1) is 12.9. The molecule has 1 aromatic heterocycles. The zero-order valence-electron chi connectivity index (χ0n) is 14.6. The summed E-state index contributed by atoms with van der Waals surface area (Å²) in [4.78, 5) is 19.0. The molecule has 0 atom stereocenters. The van der Waals surface area contributed by atoms with Crippen molar-refractivity contribution in [1.29, 1.82) is 0 Å². The van der Waals surface area contributed by atoms with Gasteiger partial charge in [0.05, 0.1) is 20.1 Å². The fraction of sp³-hybridized carbons (Fsp3) is 0.263. The Balaban J connectivity index is 1.48. The van der Waals surface area contributed by atoms with Gasteiger partial charge in [0.25, 0.3) is 5.91 Å². The molecule has 3 aromatic rings. The van der Waals surface area contributed by atoms with Crippen LogP contribution in [-0.2, 0) is 16.3 Å². The number of nitrogens with zero attached hydrogens (tertiary/aromatic N) is 2. The monoisotopic (exact) mass is 420 g/mol. The van der Waals surface area contributed by atoms with Crippen molar-refractivity contribution < 1.29 is 13.2 Å². The molecular formula is C19H17ClN2O3S2. The lowest BCUT2D eigenvalue weighted by Gasteiger charge is -2.38. The Bertz CT molecular complexity index is 1120. The molecule has 0 N–H and O–H groups in total. The van der Waals surface area contributed by atoms with E-state index in [4.69, 9.17) is 11.6 Å². The maximum absolute atomic E-state index is 12.7. The molecule has 27 heavy (non-hydrogen) atoms. The number of amides is 1. The van der Waals surface area contributed by atoms with Gasteiger partial charge in [-0.1, -0.05) is 18.5 Å². The molecular weight excluding hydrogens is 404 g/mol. The summed E-state index contributed by atoms with van der Waals surface area (Å²) in [5.74, 6) is -0.147. The van der Waals surface area contributed by atoms with Gasteiger partial charge >= 0.3 is 0 Å². The van der Waals surface area contributed by atoms with E-state index in [1.807, 2.05) is 19.1 Å². The topological polar surface area (TPSA) is 67.3 Å². The summed E-state index contributed by atoms with van der Waals surface area (Å²) in [7, 11) is -3.46. The molecule has 0 spiro atoms. The van der Waals surface area contributed by atoms with Gasteiger partial charge in [-0.3, -0.25) is 4.79 Å². The average molecular weight is 421 g/mol. The normalized spacial score (nSPS) is 15.1. The molecule has 1 fully saturated rings. The smallest absolute Gasteiger partial charge is 0.253 e. The van der Waals surface area contributed by atoms with Gasteiger partial charge < -0.3 is 4.90 Å². The lowest BCUT2D eigenvalue weighted by Crippen LogP contribution is -2.56. The fourth-order valence-electron chi connectivity index (χ4n) is 3.06. The van der Waals surface area contributed by atoms with E-state index in [0.29, 0.717) is 10.6 Å². The fourth-order valence-corrected chi connectivity index (χ4v) is 5.78. The number of rotatable bonds is 4. The first-order valence-electron chi connectivity index (χ1n) is 8.56. The third kappa shape index (κ3) is 3.35. The van der Waals surface area contributed by atoms with Crippen LogP contribution < -0.4 is 0 Å². The number of sulfone groups is 1. The summed E-state index contributed by atoms with van der Waals surface area (Å²) < 4.78 is 26.3. The van der Waals surface area contributed by atoms with Crippen molar-refractivity contribution in [3.63, 3.8) is 0 Å². The standard InChI is InChI=1S/C19H17ClN2O3S2/c1-2-18-21-16-8-3-12(9-17(16)26-18)19(23)22-10-15(11-22)27(24,25)14-6-4-13(20)5-7-14/h3-9,15H,2,10-11H2,1H3. The van der Waals surface area contributed by atoms with Crippen molar-refractivity contribution >= 4 is 48.9 Å². The molecule has 0 unspecified atom stereocenters. The number of carbonyl (C=O) groups excluding carboxylic acids is 1. The Kier molecular flexibility index (Phi) is 4.70. The number of aromatic nitrogens is 1. The van der Waals surface area contributed by atoms with Crippen LogP contribution in [0.25, 0.3) is 10.2 Å². The average Bonchev–Trinajstić information content (AvgIpc) is 3.02. The molecule has 0 bridgehead atoms. The number of carbonyl (C=O) groups is 1. The van der Waals surface area contributed by atoms with Crippen LogP contribution in [0.4, 0.5) is 0 Å². The summed E-state index contributed by atoms with van der Waals surface area (Å²) in [5, 5.41) is 0.943. The number of halogens is 1. The molecule has 1 amide bonds. The van der Waals surface area contributed by atoms with E-state index in [9.17, 15) is 13.2 Å². The van der Waals surface area contributed by atoms with E-state index in [-0.39, 0.29) is 23.9 Å². The molecule has 0 aliphatic carbocycles. The zero-order valence-corrected chi connectivity index (χ0v) is 16.9. The van der Waals surface area contributed by atoms with Crippen LogP contribution in [0.15, 0.2) is 47.4 Å². The van der Waals surface area contributed by atoms with E-state index in [2.05, 4.69) is 4.98 Å². The van der Waals surface area contributed by atoms with Gasteiger partial charge in [-0.05, 0) is 48.9 Å². The summed E-state index contributed by atoms with van der Waals surface area (Å²) in [6.07, 6.45) is 0.860. The summed E-state index contributed by atoms with van der Waals surface area (Å²) in [6, 6.07) is 11.6. The minimum Gasteiger partial charge on any atom is -0.336 e. The Labute approximate surface area is 166 Å². The molecule has 2 aromatic carbocycles. The van der Waals surface area contributed by atoms with E-state index < -0.39 is 15.1 Å². The highest BCUT2D eigenvalue weighted by Crippen LogP contribution is 2.28. The van der Waals surface area contributed by atoms with Gasteiger partial charge in [0.2, 0.25) is 0 Å². The van der Waals surface area contributed by atoms with Gasteiger partial charge in [0, 0.05) is 23.7 Å². The van der Waals surface area contributed by atoms with Crippen LogP contribution in [0, 0.1) is 0 Å². The molecule has 1 aliphatic heterocycles. The Hall–Kier alpha value is -1.96. The molecule has 1 aliphatic rings. The van der Waals surface area contributed by atoms with E-state index in [1.165, 1.54) is 12.1 Å². The molecule has 0 radical (unpaired) electrons.